The molecule has 0 spiro atoms. The number of ether oxygens (including phenoxy) is 2. The lowest BCUT2D eigenvalue weighted by Gasteiger charge is -2.29. The van der Waals surface area contributed by atoms with Crippen molar-refractivity contribution in [3.05, 3.63) is 29.8 Å². The van der Waals surface area contributed by atoms with Gasteiger partial charge in [0, 0.05) is 12.0 Å². The van der Waals surface area contributed by atoms with Crippen LogP contribution in [0.4, 0.5) is 0 Å². The first-order valence-corrected chi connectivity index (χ1v) is 7.93. The van der Waals surface area contributed by atoms with Gasteiger partial charge in [-0.2, -0.15) is 0 Å². The Morgan fingerprint density at radius 3 is 2.90 bits per heavy atom. The van der Waals surface area contributed by atoms with Crippen LogP contribution in [0.3, 0.4) is 0 Å². The number of benzene rings is 1. The van der Waals surface area contributed by atoms with Gasteiger partial charge in [0.2, 0.25) is 0 Å². The van der Waals surface area contributed by atoms with E-state index in [1.165, 1.54) is 24.8 Å². The summed E-state index contributed by atoms with van der Waals surface area (Å²) in [5.74, 6) is 1.57. The van der Waals surface area contributed by atoms with Crippen LogP contribution in [-0.2, 0) is 4.74 Å². The Hall–Kier alpha value is -1.06. The van der Waals surface area contributed by atoms with Gasteiger partial charge in [-0.1, -0.05) is 19.1 Å². The van der Waals surface area contributed by atoms with Gasteiger partial charge in [0.05, 0.1) is 18.8 Å². The van der Waals surface area contributed by atoms with Crippen molar-refractivity contribution in [2.45, 2.75) is 51.4 Å². The molecule has 0 amide bonds. The summed E-state index contributed by atoms with van der Waals surface area (Å²) in [4.78, 5) is 0. The van der Waals surface area contributed by atoms with E-state index in [-0.39, 0.29) is 0 Å². The third-order valence-corrected chi connectivity index (χ3v) is 4.53. The van der Waals surface area contributed by atoms with Gasteiger partial charge in [-0.3, -0.25) is 0 Å². The van der Waals surface area contributed by atoms with Crippen LogP contribution in [0.15, 0.2) is 24.3 Å². The van der Waals surface area contributed by atoms with Crippen LogP contribution < -0.4 is 10.1 Å². The topological polar surface area (TPSA) is 30.5 Å². The molecule has 0 radical (unpaired) electrons. The molecule has 3 rings (SSSR count). The fourth-order valence-electron chi connectivity index (χ4n) is 3.73. The molecule has 2 fully saturated rings. The quantitative estimate of drug-likeness (QED) is 0.864. The summed E-state index contributed by atoms with van der Waals surface area (Å²) in [5.41, 5.74) is 1.33. The van der Waals surface area contributed by atoms with E-state index in [1.807, 2.05) is 13.0 Å². The summed E-state index contributed by atoms with van der Waals surface area (Å²) in [6.07, 6.45) is 4.61. The van der Waals surface area contributed by atoms with Crippen LogP contribution in [0, 0.1) is 5.92 Å². The second-order valence-electron chi connectivity index (χ2n) is 5.81. The molecule has 1 aromatic rings. The second-order valence-corrected chi connectivity index (χ2v) is 5.81. The van der Waals surface area contributed by atoms with Gasteiger partial charge in [-0.05, 0) is 50.4 Å². The Morgan fingerprint density at radius 1 is 1.35 bits per heavy atom. The maximum absolute atomic E-state index is 6.04. The Kier molecular flexibility index (Phi) is 4.27. The maximum atomic E-state index is 6.04. The first-order chi connectivity index (χ1) is 9.81. The Labute approximate surface area is 121 Å². The molecule has 2 heterocycles. The first-order valence-electron chi connectivity index (χ1n) is 7.93. The summed E-state index contributed by atoms with van der Waals surface area (Å²) >= 11 is 0. The molecular formula is C17H25NO2. The molecule has 0 saturated carbocycles. The lowest BCUT2D eigenvalue weighted by molar-refractivity contribution is 0.0858. The molecule has 3 nitrogen and oxygen atoms in total. The van der Waals surface area contributed by atoms with Gasteiger partial charge in [-0.15, -0.1) is 0 Å². The molecule has 4 unspecified atom stereocenters. The van der Waals surface area contributed by atoms with Crippen molar-refractivity contribution in [1.82, 2.24) is 5.32 Å². The number of hydrogen-bond donors (Lipinski definition) is 1. The van der Waals surface area contributed by atoms with Crippen molar-refractivity contribution in [3.8, 4) is 5.75 Å². The molecular weight excluding hydrogens is 250 g/mol. The van der Waals surface area contributed by atoms with Gasteiger partial charge in [-0.25, -0.2) is 0 Å². The summed E-state index contributed by atoms with van der Waals surface area (Å²) in [6, 6.07) is 8.91. The summed E-state index contributed by atoms with van der Waals surface area (Å²) < 4.78 is 11.7. The summed E-state index contributed by atoms with van der Waals surface area (Å²) in [7, 11) is 0. The number of hydrogen-bond acceptors (Lipinski definition) is 3. The zero-order chi connectivity index (χ0) is 13.9. The largest absolute Gasteiger partial charge is 0.494 e. The zero-order valence-corrected chi connectivity index (χ0v) is 12.5. The van der Waals surface area contributed by atoms with E-state index in [2.05, 4.69) is 30.4 Å². The SMILES string of the molecule is CCNC(c1cccc(OCC)c1)C1CC2CCC1O2. The molecule has 1 aromatic carbocycles. The molecule has 3 heteroatoms. The molecule has 2 aliphatic rings. The van der Waals surface area contributed by atoms with Gasteiger partial charge < -0.3 is 14.8 Å². The van der Waals surface area contributed by atoms with Crippen LogP contribution in [0.25, 0.3) is 0 Å². The van der Waals surface area contributed by atoms with Crippen molar-refractivity contribution < 1.29 is 9.47 Å². The third-order valence-electron chi connectivity index (χ3n) is 4.53. The minimum absolute atomic E-state index is 0.385. The minimum Gasteiger partial charge on any atom is -0.494 e. The van der Waals surface area contributed by atoms with Crippen molar-refractivity contribution >= 4 is 0 Å². The highest BCUT2D eigenvalue weighted by Gasteiger charge is 2.44. The number of rotatable bonds is 6. The molecule has 0 aromatic heterocycles. The van der Waals surface area contributed by atoms with Crippen molar-refractivity contribution in [2.24, 2.45) is 5.92 Å². The normalized spacial score (nSPS) is 29.6. The molecule has 2 aliphatic heterocycles. The van der Waals surface area contributed by atoms with Gasteiger partial charge in [0.15, 0.2) is 0 Å². The van der Waals surface area contributed by atoms with Crippen molar-refractivity contribution in [3.63, 3.8) is 0 Å². The molecule has 4 atom stereocenters. The van der Waals surface area contributed by atoms with E-state index in [0.717, 1.165) is 12.3 Å². The molecule has 0 aliphatic carbocycles. The summed E-state index contributed by atoms with van der Waals surface area (Å²) in [6.45, 7) is 5.90. The Balaban J connectivity index is 1.81. The number of fused-ring (bicyclic) bond motifs is 2. The fourth-order valence-corrected chi connectivity index (χ4v) is 3.73. The van der Waals surface area contributed by atoms with E-state index in [9.17, 15) is 0 Å². The fraction of sp³-hybridized carbons (Fsp3) is 0.647. The Morgan fingerprint density at radius 2 is 2.25 bits per heavy atom. The van der Waals surface area contributed by atoms with Gasteiger partial charge in [0.1, 0.15) is 5.75 Å². The monoisotopic (exact) mass is 275 g/mol. The highest BCUT2D eigenvalue weighted by atomic mass is 16.5. The minimum atomic E-state index is 0.385. The smallest absolute Gasteiger partial charge is 0.119 e. The standard InChI is InChI=1S/C17H25NO2/c1-3-18-17(15-11-14-8-9-16(15)20-14)12-6-5-7-13(10-12)19-4-2/h5-7,10,14-18H,3-4,8-9,11H2,1-2H3. The van der Waals surface area contributed by atoms with Crippen LogP contribution in [0.5, 0.6) is 5.75 Å². The molecule has 1 N–H and O–H groups in total. The third kappa shape index (κ3) is 2.70. The van der Waals surface area contributed by atoms with E-state index in [0.29, 0.717) is 30.8 Å². The van der Waals surface area contributed by atoms with Crippen LogP contribution in [-0.4, -0.2) is 25.4 Å². The molecule has 2 bridgehead atoms. The average molecular weight is 275 g/mol. The Bertz CT molecular complexity index is 448. The predicted molar refractivity (Wildman–Crippen MR) is 80.0 cm³/mol. The molecule has 2 saturated heterocycles. The van der Waals surface area contributed by atoms with Gasteiger partial charge >= 0.3 is 0 Å². The predicted octanol–water partition coefficient (Wildman–Crippen LogP) is 3.30. The zero-order valence-electron chi connectivity index (χ0n) is 12.5. The van der Waals surface area contributed by atoms with E-state index in [1.54, 1.807) is 0 Å². The average Bonchev–Trinajstić information content (AvgIpc) is 3.08. The van der Waals surface area contributed by atoms with E-state index < -0.39 is 0 Å². The van der Waals surface area contributed by atoms with Crippen LogP contribution in [0.2, 0.25) is 0 Å². The summed E-state index contributed by atoms with van der Waals surface area (Å²) in [5, 5.41) is 3.66. The van der Waals surface area contributed by atoms with Crippen molar-refractivity contribution in [2.75, 3.05) is 13.2 Å². The first kappa shape index (κ1) is 13.9. The van der Waals surface area contributed by atoms with Gasteiger partial charge in [0.25, 0.3) is 0 Å². The lowest BCUT2D eigenvalue weighted by atomic mass is 9.81. The highest BCUT2D eigenvalue weighted by Crippen LogP contribution is 2.44. The second kappa shape index (κ2) is 6.15. The lowest BCUT2D eigenvalue weighted by Crippen LogP contribution is -2.33. The molecule has 20 heavy (non-hydrogen) atoms. The van der Waals surface area contributed by atoms with E-state index >= 15 is 0 Å². The maximum Gasteiger partial charge on any atom is 0.119 e. The van der Waals surface area contributed by atoms with Crippen LogP contribution in [0.1, 0.15) is 44.7 Å². The molecule has 110 valence electrons. The highest BCUT2D eigenvalue weighted by molar-refractivity contribution is 5.31. The number of nitrogens with one attached hydrogen (secondary N) is 1. The van der Waals surface area contributed by atoms with Crippen molar-refractivity contribution in [1.29, 1.82) is 0 Å². The van der Waals surface area contributed by atoms with Crippen LogP contribution >= 0.6 is 0 Å². The van der Waals surface area contributed by atoms with E-state index in [4.69, 9.17) is 9.47 Å².